The number of imidazole rings is 1. The number of benzene rings is 1. The van der Waals surface area contributed by atoms with E-state index in [1.165, 1.54) is 6.92 Å². The van der Waals surface area contributed by atoms with Gasteiger partial charge in [0.2, 0.25) is 0 Å². The van der Waals surface area contributed by atoms with Crippen molar-refractivity contribution < 1.29 is 4.79 Å². The molecule has 0 fully saturated rings. The Kier molecular flexibility index (Phi) is 1.80. The number of aromatic nitrogens is 2. The molecule has 2 aromatic heterocycles. The molecule has 1 aromatic carbocycles. The average molecular weight is 210 g/mol. The third-order valence-electron chi connectivity index (χ3n) is 2.71. The summed E-state index contributed by atoms with van der Waals surface area (Å²) in [4.78, 5) is 15.6. The van der Waals surface area contributed by atoms with Crippen molar-refractivity contribution in [3.63, 3.8) is 0 Å². The molecule has 16 heavy (non-hydrogen) atoms. The van der Waals surface area contributed by atoms with Gasteiger partial charge >= 0.3 is 0 Å². The second-order valence-electron chi connectivity index (χ2n) is 3.82. The molecule has 0 radical (unpaired) electrons. The summed E-state index contributed by atoms with van der Waals surface area (Å²) >= 11 is 0. The fourth-order valence-electron chi connectivity index (χ4n) is 1.88. The lowest BCUT2D eigenvalue weighted by atomic mass is 10.2. The van der Waals surface area contributed by atoms with Gasteiger partial charge in [-0.15, -0.1) is 0 Å². The first kappa shape index (κ1) is 9.09. The summed E-state index contributed by atoms with van der Waals surface area (Å²) in [5, 5.41) is 2.20. The fraction of sp³-hybridized carbons (Fsp3) is 0.0769. The number of fused-ring (bicyclic) bond motifs is 3. The smallest absolute Gasteiger partial charge is 0.179 e. The third-order valence-corrected chi connectivity index (χ3v) is 2.71. The Bertz CT molecular complexity index is 697. The zero-order chi connectivity index (χ0) is 11.1. The van der Waals surface area contributed by atoms with Gasteiger partial charge in [0.1, 0.15) is 11.3 Å². The topological polar surface area (TPSA) is 34.4 Å². The van der Waals surface area contributed by atoms with Gasteiger partial charge in [0.15, 0.2) is 5.78 Å². The zero-order valence-electron chi connectivity index (χ0n) is 8.84. The summed E-state index contributed by atoms with van der Waals surface area (Å²) in [6.45, 7) is 1.53. The normalized spacial score (nSPS) is 11.1. The van der Waals surface area contributed by atoms with E-state index in [1.807, 2.05) is 40.9 Å². The molecule has 0 aliphatic carbocycles. The molecule has 0 unspecified atom stereocenters. The predicted molar refractivity (Wildman–Crippen MR) is 62.7 cm³/mol. The van der Waals surface area contributed by atoms with Crippen molar-refractivity contribution in [2.75, 3.05) is 0 Å². The molecule has 3 aromatic rings. The molecular weight excluding hydrogens is 200 g/mol. The van der Waals surface area contributed by atoms with E-state index in [9.17, 15) is 4.79 Å². The number of Topliss-reactive ketones (excluding diaryl/α,β-unsaturated/α-hetero) is 1. The summed E-state index contributed by atoms with van der Waals surface area (Å²) in [5.74, 6) is -0.00668. The van der Waals surface area contributed by atoms with E-state index in [0.717, 1.165) is 16.4 Å². The Balaban J connectivity index is 2.46. The van der Waals surface area contributed by atoms with Crippen LogP contribution in [-0.2, 0) is 0 Å². The van der Waals surface area contributed by atoms with Crippen molar-refractivity contribution >= 4 is 22.2 Å². The number of hydrogen-bond donors (Lipinski definition) is 0. The summed E-state index contributed by atoms with van der Waals surface area (Å²) in [6.07, 6.45) is 3.70. The van der Waals surface area contributed by atoms with Crippen molar-refractivity contribution in [2.24, 2.45) is 0 Å². The lowest BCUT2D eigenvalue weighted by molar-refractivity contribution is 0.101. The lowest BCUT2D eigenvalue weighted by Gasteiger charge is -1.98. The minimum Gasteiger partial charge on any atom is -0.306 e. The van der Waals surface area contributed by atoms with Crippen LogP contribution in [0, 0.1) is 0 Å². The first-order chi connectivity index (χ1) is 7.75. The van der Waals surface area contributed by atoms with Gasteiger partial charge in [0.05, 0.1) is 0 Å². The number of pyridine rings is 1. The number of hydrogen-bond acceptors (Lipinski definition) is 2. The molecule has 3 rings (SSSR count). The van der Waals surface area contributed by atoms with Gasteiger partial charge in [-0.05, 0) is 11.5 Å². The first-order valence-corrected chi connectivity index (χ1v) is 5.13. The fourth-order valence-corrected chi connectivity index (χ4v) is 1.88. The number of carbonyl (C=O) groups excluding carboxylic acids is 1. The number of carbonyl (C=O) groups is 1. The molecule has 2 heterocycles. The number of ketones is 1. The molecule has 0 aliphatic rings. The maximum Gasteiger partial charge on any atom is 0.179 e. The van der Waals surface area contributed by atoms with E-state index >= 15 is 0 Å². The highest BCUT2D eigenvalue weighted by Gasteiger charge is 2.07. The van der Waals surface area contributed by atoms with Crippen LogP contribution in [0.15, 0.2) is 42.7 Å². The maximum atomic E-state index is 11.3. The molecule has 3 nitrogen and oxygen atoms in total. The Labute approximate surface area is 92.3 Å². The quantitative estimate of drug-likeness (QED) is 0.579. The van der Waals surface area contributed by atoms with Crippen LogP contribution in [-0.4, -0.2) is 15.2 Å². The van der Waals surface area contributed by atoms with E-state index < -0.39 is 0 Å². The van der Waals surface area contributed by atoms with Crippen molar-refractivity contribution in [1.29, 1.82) is 0 Å². The Hall–Kier alpha value is -2.16. The molecule has 3 heteroatoms. The average Bonchev–Trinajstić information content (AvgIpc) is 2.73. The van der Waals surface area contributed by atoms with Gasteiger partial charge in [0, 0.05) is 24.7 Å². The zero-order valence-corrected chi connectivity index (χ0v) is 8.84. The van der Waals surface area contributed by atoms with Gasteiger partial charge < -0.3 is 4.40 Å². The van der Waals surface area contributed by atoms with Crippen LogP contribution in [0.25, 0.3) is 16.4 Å². The van der Waals surface area contributed by atoms with E-state index in [4.69, 9.17) is 0 Å². The Morgan fingerprint density at radius 3 is 2.88 bits per heavy atom. The minimum atomic E-state index is -0.00668. The van der Waals surface area contributed by atoms with Crippen LogP contribution in [0.4, 0.5) is 0 Å². The van der Waals surface area contributed by atoms with Crippen LogP contribution in [0.5, 0.6) is 0 Å². The molecule has 0 N–H and O–H groups in total. The molecule has 0 saturated carbocycles. The molecule has 78 valence electrons. The number of rotatable bonds is 1. The standard InChI is InChI=1S/C13H10N2O/c1-9(16)12-8-15-7-6-10-4-2-3-5-11(10)13(15)14-12/h2-8H,1H3. The van der Waals surface area contributed by atoms with Crippen LogP contribution < -0.4 is 0 Å². The Morgan fingerprint density at radius 1 is 1.25 bits per heavy atom. The van der Waals surface area contributed by atoms with Crippen molar-refractivity contribution in [3.05, 3.63) is 48.4 Å². The summed E-state index contributed by atoms with van der Waals surface area (Å²) in [6, 6.07) is 10.0. The van der Waals surface area contributed by atoms with Gasteiger partial charge in [-0.3, -0.25) is 4.79 Å². The highest BCUT2D eigenvalue weighted by molar-refractivity contribution is 5.97. The SMILES string of the molecule is CC(=O)c1cn2ccc3ccccc3c2n1. The van der Waals surface area contributed by atoms with Crippen molar-refractivity contribution in [2.45, 2.75) is 6.92 Å². The number of nitrogens with zero attached hydrogens (tertiary/aromatic N) is 2. The second-order valence-corrected chi connectivity index (χ2v) is 3.82. The molecule has 0 aliphatic heterocycles. The van der Waals surface area contributed by atoms with E-state index in [0.29, 0.717) is 5.69 Å². The maximum absolute atomic E-state index is 11.3. The molecule has 0 amide bonds. The van der Waals surface area contributed by atoms with Crippen LogP contribution in [0.2, 0.25) is 0 Å². The molecule has 0 bridgehead atoms. The van der Waals surface area contributed by atoms with Crippen LogP contribution in [0.3, 0.4) is 0 Å². The highest BCUT2D eigenvalue weighted by atomic mass is 16.1. The van der Waals surface area contributed by atoms with Gasteiger partial charge in [-0.1, -0.05) is 24.3 Å². The minimum absolute atomic E-state index is 0.00668. The van der Waals surface area contributed by atoms with E-state index in [1.54, 1.807) is 6.20 Å². The van der Waals surface area contributed by atoms with E-state index in [-0.39, 0.29) is 5.78 Å². The summed E-state index contributed by atoms with van der Waals surface area (Å²) in [5.41, 5.74) is 1.35. The first-order valence-electron chi connectivity index (χ1n) is 5.13. The monoisotopic (exact) mass is 210 g/mol. The summed E-state index contributed by atoms with van der Waals surface area (Å²) < 4.78 is 1.89. The highest BCUT2D eigenvalue weighted by Crippen LogP contribution is 2.19. The Morgan fingerprint density at radius 2 is 2.06 bits per heavy atom. The van der Waals surface area contributed by atoms with E-state index in [2.05, 4.69) is 4.98 Å². The summed E-state index contributed by atoms with van der Waals surface area (Å²) in [7, 11) is 0. The van der Waals surface area contributed by atoms with Gasteiger partial charge in [-0.25, -0.2) is 4.98 Å². The van der Waals surface area contributed by atoms with Crippen molar-refractivity contribution in [3.8, 4) is 0 Å². The largest absolute Gasteiger partial charge is 0.306 e. The second kappa shape index (κ2) is 3.17. The molecular formula is C13H10N2O. The molecule has 0 spiro atoms. The third kappa shape index (κ3) is 1.21. The predicted octanol–water partition coefficient (Wildman–Crippen LogP) is 2.69. The van der Waals surface area contributed by atoms with Crippen LogP contribution in [0.1, 0.15) is 17.4 Å². The lowest BCUT2D eigenvalue weighted by Crippen LogP contribution is -1.90. The van der Waals surface area contributed by atoms with Crippen LogP contribution >= 0.6 is 0 Å². The van der Waals surface area contributed by atoms with Crippen molar-refractivity contribution in [1.82, 2.24) is 9.38 Å². The van der Waals surface area contributed by atoms with Gasteiger partial charge in [-0.2, -0.15) is 0 Å². The van der Waals surface area contributed by atoms with Gasteiger partial charge in [0.25, 0.3) is 0 Å². The molecule has 0 atom stereocenters. The molecule has 0 saturated heterocycles.